The average molecular weight is 235 g/mol. The van der Waals surface area contributed by atoms with Gasteiger partial charge in [0, 0.05) is 30.9 Å². The summed E-state index contributed by atoms with van der Waals surface area (Å²) in [7, 11) is 1.98. The zero-order chi connectivity index (χ0) is 11.5. The van der Waals surface area contributed by atoms with Crippen molar-refractivity contribution in [3.8, 4) is 0 Å². The number of nitrogens with zero attached hydrogens (tertiary/aromatic N) is 2. The molecule has 16 heavy (non-hydrogen) atoms. The molecule has 2 aromatic heterocycles. The normalized spacial score (nSPS) is 12.9. The molecule has 1 atom stereocenters. The zero-order valence-electron chi connectivity index (χ0n) is 9.90. The predicted molar refractivity (Wildman–Crippen MR) is 67.5 cm³/mol. The summed E-state index contributed by atoms with van der Waals surface area (Å²) in [5, 5.41) is 12.1. The second-order valence-corrected chi connectivity index (χ2v) is 4.82. The monoisotopic (exact) mass is 235 g/mol. The molecule has 1 N–H and O–H groups in total. The Morgan fingerprint density at radius 2 is 2.38 bits per heavy atom. The van der Waals surface area contributed by atoms with E-state index in [1.807, 2.05) is 17.9 Å². The molecule has 0 aromatic carbocycles. The van der Waals surface area contributed by atoms with Crippen LogP contribution in [-0.4, -0.2) is 9.78 Å². The zero-order valence-corrected chi connectivity index (χ0v) is 10.7. The molecule has 2 aromatic rings. The molecule has 2 rings (SSSR count). The first kappa shape index (κ1) is 11.4. The van der Waals surface area contributed by atoms with Crippen LogP contribution in [0.5, 0.6) is 0 Å². The Morgan fingerprint density at radius 3 is 2.94 bits per heavy atom. The van der Waals surface area contributed by atoms with E-state index in [0.29, 0.717) is 6.04 Å². The molecule has 0 spiro atoms. The molecular weight excluding hydrogens is 218 g/mol. The highest BCUT2D eigenvalue weighted by Gasteiger charge is 2.11. The van der Waals surface area contributed by atoms with Crippen LogP contribution < -0.4 is 5.32 Å². The molecule has 4 heteroatoms. The van der Waals surface area contributed by atoms with E-state index in [2.05, 4.69) is 41.1 Å². The Hall–Kier alpha value is -1.13. The van der Waals surface area contributed by atoms with Crippen molar-refractivity contribution >= 4 is 11.3 Å². The van der Waals surface area contributed by atoms with Crippen molar-refractivity contribution in [3.05, 3.63) is 39.8 Å². The van der Waals surface area contributed by atoms with Gasteiger partial charge < -0.3 is 5.32 Å². The fraction of sp³-hybridized carbons (Fsp3) is 0.417. The third-order valence-electron chi connectivity index (χ3n) is 2.93. The lowest BCUT2D eigenvalue weighted by molar-refractivity contribution is 0.571. The minimum atomic E-state index is 0.341. The molecule has 0 radical (unpaired) electrons. The lowest BCUT2D eigenvalue weighted by Gasteiger charge is -2.12. The lowest BCUT2D eigenvalue weighted by atomic mass is 10.1. The van der Waals surface area contributed by atoms with Crippen molar-refractivity contribution in [2.75, 3.05) is 0 Å². The number of nitrogens with one attached hydrogen (secondary N) is 1. The van der Waals surface area contributed by atoms with Crippen LogP contribution in [0.4, 0.5) is 0 Å². The van der Waals surface area contributed by atoms with Gasteiger partial charge in [-0.05, 0) is 36.2 Å². The molecule has 0 fully saturated rings. The number of aryl methyl sites for hydroxylation is 1. The first-order valence-corrected chi connectivity index (χ1v) is 6.35. The molecule has 3 nitrogen and oxygen atoms in total. The Kier molecular flexibility index (Phi) is 3.41. The van der Waals surface area contributed by atoms with Crippen LogP contribution in [0.25, 0.3) is 0 Å². The fourth-order valence-corrected chi connectivity index (χ4v) is 2.38. The average Bonchev–Trinajstić information content (AvgIpc) is 2.88. The van der Waals surface area contributed by atoms with Gasteiger partial charge in [-0.15, -0.1) is 0 Å². The summed E-state index contributed by atoms with van der Waals surface area (Å²) in [6, 6.07) is 2.49. The van der Waals surface area contributed by atoms with E-state index in [4.69, 9.17) is 0 Å². The highest BCUT2D eigenvalue weighted by atomic mass is 32.1. The molecule has 86 valence electrons. The van der Waals surface area contributed by atoms with Gasteiger partial charge in [0.05, 0.1) is 6.20 Å². The van der Waals surface area contributed by atoms with E-state index in [9.17, 15) is 0 Å². The lowest BCUT2D eigenvalue weighted by Crippen LogP contribution is -2.18. The molecule has 2 heterocycles. The van der Waals surface area contributed by atoms with Gasteiger partial charge in [0.2, 0.25) is 0 Å². The van der Waals surface area contributed by atoms with Gasteiger partial charge in [0.1, 0.15) is 0 Å². The van der Waals surface area contributed by atoms with Crippen LogP contribution >= 0.6 is 11.3 Å². The van der Waals surface area contributed by atoms with Gasteiger partial charge in [0.25, 0.3) is 0 Å². The van der Waals surface area contributed by atoms with Crippen molar-refractivity contribution in [1.82, 2.24) is 15.1 Å². The Bertz CT molecular complexity index is 445. The number of hydrogen-bond acceptors (Lipinski definition) is 3. The minimum absolute atomic E-state index is 0.341. The summed E-state index contributed by atoms with van der Waals surface area (Å²) in [4.78, 5) is 0. The maximum atomic E-state index is 4.26. The van der Waals surface area contributed by atoms with Crippen LogP contribution in [0.1, 0.15) is 29.8 Å². The van der Waals surface area contributed by atoms with Crippen LogP contribution in [0.2, 0.25) is 0 Å². The largest absolute Gasteiger partial charge is 0.306 e. The second kappa shape index (κ2) is 4.80. The summed E-state index contributed by atoms with van der Waals surface area (Å²) in [5.74, 6) is 0. The van der Waals surface area contributed by atoms with Gasteiger partial charge in [-0.1, -0.05) is 0 Å². The molecule has 0 aliphatic carbocycles. The summed E-state index contributed by atoms with van der Waals surface area (Å²) in [5.41, 5.74) is 3.85. The van der Waals surface area contributed by atoms with Gasteiger partial charge >= 0.3 is 0 Å². The topological polar surface area (TPSA) is 29.9 Å². The third-order valence-corrected chi connectivity index (χ3v) is 3.66. The van der Waals surface area contributed by atoms with Gasteiger partial charge in [-0.2, -0.15) is 16.4 Å². The molecule has 0 saturated carbocycles. The van der Waals surface area contributed by atoms with Crippen LogP contribution in [-0.2, 0) is 13.6 Å². The Labute approximate surface area is 100 Å². The van der Waals surface area contributed by atoms with Crippen molar-refractivity contribution in [2.45, 2.75) is 26.4 Å². The van der Waals surface area contributed by atoms with Crippen LogP contribution in [0, 0.1) is 6.92 Å². The third kappa shape index (κ3) is 2.33. The molecule has 0 saturated heterocycles. The van der Waals surface area contributed by atoms with Gasteiger partial charge in [-0.25, -0.2) is 0 Å². The summed E-state index contributed by atoms with van der Waals surface area (Å²) in [6.07, 6.45) is 1.95. The van der Waals surface area contributed by atoms with E-state index in [0.717, 1.165) is 6.54 Å². The second-order valence-electron chi connectivity index (χ2n) is 4.04. The first-order valence-electron chi connectivity index (χ1n) is 5.41. The molecule has 0 aliphatic heterocycles. The summed E-state index contributed by atoms with van der Waals surface area (Å²) in [6.45, 7) is 5.19. The maximum absolute atomic E-state index is 4.26. The number of rotatable bonds is 4. The maximum Gasteiger partial charge on any atom is 0.0540 e. The molecule has 0 amide bonds. The number of thiophene rings is 1. The van der Waals surface area contributed by atoms with E-state index in [1.54, 1.807) is 11.3 Å². The summed E-state index contributed by atoms with van der Waals surface area (Å²) < 4.78 is 1.91. The van der Waals surface area contributed by atoms with Crippen LogP contribution in [0.3, 0.4) is 0 Å². The number of hydrogen-bond donors (Lipinski definition) is 1. The Balaban J connectivity index is 1.98. The van der Waals surface area contributed by atoms with E-state index < -0.39 is 0 Å². The van der Waals surface area contributed by atoms with Gasteiger partial charge in [0.15, 0.2) is 0 Å². The molecule has 0 bridgehead atoms. The molecular formula is C12H17N3S. The SMILES string of the molecule is Cc1c(C(C)NCc2ccsc2)cnn1C. The minimum Gasteiger partial charge on any atom is -0.306 e. The van der Waals surface area contributed by atoms with Gasteiger partial charge in [-0.3, -0.25) is 4.68 Å². The number of aromatic nitrogens is 2. The highest BCUT2D eigenvalue weighted by molar-refractivity contribution is 7.07. The van der Waals surface area contributed by atoms with Crippen LogP contribution in [0.15, 0.2) is 23.0 Å². The smallest absolute Gasteiger partial charge is 0.0540 e. The van der Waals surface area contributed by atoms with E-state index >= 15 is 0 Å². The van der Waals surface area contributed by atoms with Crippen molar-refractivity contribution in [2.24, 2.45) is 7.05 Å². The predicted octanol–water partition coefficient (Wildman–Crippen LogP) is 2.64. The molecule has 0 aliphatic rings. The van der Waals surface area contributed by atoms with E-state index in [-0.39, 0.29) is 0 Å². The quantitative estimate of drug-likeness (QED) is 0.883. The van der Waals surface area contributed by atoms with Crippen molar-refractivity contribution in [3.63, 3.8) is 0 Å². The first-order chi connectivity index (χ1) is 7.68. The van der Waals surface area contributed by atoms with Crippen molar-refractivity contribution in [1.29, 1.82) is 0 Å². The fourth-order valence-electron chi connectivity index (χ4n) is 1.71. The standard InChI is InChI=1S/C12H17N3S/c1-9(12-7-14-15(3)10(12)2)13-6-11-4-5-16-8-11/h4-5,7-9,13H,6H2,1-3H3. The van der Waals surface area contributed by atoms with Crippen molar-refractivity contribution < 1.29 is 0 Å². The highest BCUT2D eigenvalue weighted by Crippen LogP contribution is 2.16. The summed E-state index contributed by atoms with van der Waals surface area (Å²) >= 11 is 1.74. The molecule has 1 unspecified atom stereocenters. The van der Waals surface area contributed by atoms with E-state index in [1.165, 1.54) is 16.8 Å². The Morgan fingerprint density at radius 1 is 1.56 bits per heavy atom.